The highest BCUT2D eigenvalue weighted by molar-refractivity contribution is 5.18. The molecule has 1 aromatic rings. The van der Waals surface area contributed by atoms with Crippen molar-refractivity contribution >= 4 is 0 Å². The van der Waals surface area contributed by atoms with Crippen LogP contribution in [0.4, 0.5) is 0 Å². The van der Waals surface area contributed by atoms with Gasteiger partial charge in [-0.15, -0.1) is 0 Å². The molecule has 0 saturated heterocycles. The van der Waals surface area contributed by atoms with Gasteiger partial charge in [-0.3, -0.25) is 0 Å². The lowest BCUT2D eigenvalue weighted by Gasteiger charge is -2.18. The highest BCUT2D eigenvalue weighted by Crippen LogP contribution is 2.17. The minimum atomic E-state index is 0.489. The van der Waals surface area contributed by atoms with Gasteiger partial charge >= 0.3 is 0 Å². The van der Waals surface area contributed by atoms with Gasteiger partial charge < -0.3 is 10.1 Å². The molecule has 1 rings (SSSR count). The molecule has 0 aliphatic carbocycles. The molecule has 0 fully saturated rings. The van der Waals surface area contributed by atoms with Crippen molar-refractivity contribution in [3.05, 3.63) is 35.9 Å². The van der Waals surface area contributed by atoms with Crippen LogP contribution in [0.15, 0.2) is 30.3 Å². The van der Waals surface area contributed by atoms with Gasteiger partial charge in [0.1, 0.15) is 0 Å². The SMILES string of the molecule is CCCC(NCCCOC)c1ccccc1. The van der Waals surface area contributed by atoms with E-state index in [-0.39, 0.29) is 0 Å². The summed E-state index contributed by atoms with van der Waals surface area (Å²) in [5.41, 5.74) is 1.39. The van der Waals surface area contributed by atoms with Gasteiger partial charge in [-0.2, -0.15) is 0 Å². The molecule has 0 heterocycles. The smallest absolute Gasteiger partial charge is 0.0474 e. The van der Waals surface area contributed by atoms with E-state index in [0.717, 1.165) is 19.6 Å². The first-order valence-electron chi connectivity index (χ1n) is 6.15. The summed E-state index contributed by atoms with van der Waals surface area (Å²) < 4.78 is 5.05. The Morgan fingerprint density at radius 2 is 2.00 bits per heavy atom. The molecule has 2 nitrogen and oxygen atoms in total. The lowest BCUT2D eigenvalue weighted by molar-refractivity contribution is 0.193. The normalized spacial score (nSPS) is 12.6. The summed E-state index contributed by atoms with van der Waals surface area (Å²) in [5.74, 6) is 0. The predicted molar refractivity (Wildman–Crippen MR) is 68.6 cm³/mol. The Kier molecular flexibility index (Phi) is 6.86. The average molecular weight is 221 g/mol. The zero-order valence-electron chi connectivity index (χ0n) is 10.4. The fraction of sp³-hybridized carbons (Fsp3) is 0.571. The van der Waals surface area contributed by atoms with Crippen LogP contribution < -0.4 is 5.32 Å². The van der Waals surface area contributed by atoms with Crippen molar-refractivity contribution in [1.29, 1.82) is 0 Å². The predicted octanol–water partition coefficient (Wildman–Crippen LogP) is 3.15. The molecule has 1 atom stereocenters. The van der Waals surface area contributed by atoms with Gasteiger partial charge in [-0.05, 0) is 24.9 Å². The topological polar surface area (TPSA) is 21.3 Å². The molecule has 0 aliphatic heterocycles. The standard InChI is InChI=1S/C14H23NO/c1-3-8-14(15-11-7-12-16-2)13-9-5-4-6-10-13/h4-6,9-10,14-15H,3,7-8,11-12H2,1-2H3. The van der Waals surface area contributed by atoms with Crippen LogP contribution in [0.5, 0.6) is 0 Å². The lowest BCUT2D eigenvalue weighted by atomic mass is 10.0. The van der Waals surface area contributed by atoms with Crippen molar-refractivity contribution in [3.8, 4) is 0 Å². The Bertz CT molecular complexity index is 261. The zero-order valence-corrected chi connectivity index (χ0v) is 10.4. The summed E-state index contributed by atoms with van der Waals surface area (Å²) in [6.07, 6.45) is 3.47. The number of hydrogen-bond acceptors (Lipinski definition) is 2. The van der Waals surface area contributed by atoms with E-state index in [1.807, 2.05) is 0 Å². The molecule has 0 aromatic heterocycles. The molecule has 16 heavy (non-hydrogen) atoms. The molecule has 90 valence electrons. The number of ether oxygens (including phenoxy) is 1. The molecule has 0 spiro atoms. The minimum Gasteiger partial charge on any atom is -0.385 e. The van der Waals surface area contributed by atoms with Gasteiger partial charge in [-0.25, -0.2) is 0 Å². The van der Waals surface area contributed by atoms with Crippen molar-refractivity contribution in [2.75, 3.05) is 20.3 Å². The first kappa shape index (κ1) is 13.2. The van der Waals surface area contributed by atoms with Gasteiger partial charge in [0, 0.05) is 19.8 Å². The number of hydrogen-bond donors (Lipinski definition) is 1. The third-order valence-electron chi connectivity index (χ3n) is 2.70. The molecule has 0 aliphatic rings. The van der Waals surface area contributed by atoms with Crippen LogP contribution in [-0.4, -0.2) is 20.3 Å². The van der Waals surface area contributed by atoms with Crippen LogP contribution in [-0.2, 0) is 4.74 Å². The van der Waals surface area contributed by atoms with E-state index in [9.17, 15) is 0 Å². The molecule has 1 unspecified atom stereocenters. The maximum atomic E-state index is 5.05. The van der Waals surface area contributed by atoms with Gasteiger partial charge in [-0.1, -0.05) is 43.7 Å². The van der Waals surface area contributed by atoms with Gasteiger partial charge in [0.05, 0.1) is 0 Å². The second-order valence-corrected chi connectivity index (χ2v) is 4.05. The van der Waals surface area contributed by atoms with Crippen molar-refractivity contribution in [1.82, 2.24) is 5.32 Å². The van der Waals surface area contributed by atoms with Crippen molar-refractivity contribution < 1.29 is 4.74 Å². The lowest BCUT2D eigenvalue weighted by Crippen LogP contribution is -2.23. The molecular weight excluding hydrogens is 198 g/mol. The molecule has 2 heteroatoms. The molecule has 0 bridgehead atoms. The highest BCUT2D eigenvalue weighted by atomic mass is 16.5. The van der Waals surface area contributed by atoms with E-state index in [0.29, 0.717) is 6.04 Å². The summed E-state index contributed by atoms with van der Waals surface area (Å²) in [4.78, 5) is 0. The van der Waals surface area contributed by atoms with Gasteiger partial charge in [0.25, 0.3) is 0 Å². The molecule has 1 aromatic carbocycles. The molecular formula is C14H23NO. The first-order chi connectivity index (χ1) is 7.88. The van der Waals surface area contributed by atoms with Crippen LogP contribution in [0, 0.1) is 0 Å². The van der Waals surface area contributed by atoms with Gasteiger partial charge in [0.2, 0.25) is 0 Å². The summed E-state index contributed by atoms with van der Waals surface area (Å²) in [5, 5.41) is 3.59. The molecule has 1 N–H and O–H groups in total. The fourth-order valence-corrected chi connectivity index (χ4v) is 1.85. The summed E-state index contributed by atoms with van der Waals surface area (Å²) in [6, 6.07) is 11.2. The van der Waals surface area contributed by atoms with Crippen LogP contribution in [0.2, 0.25) is 0 Å². The zero-order chi connectivity index (χ0) is 11.6. The van der Waals surface area contributed by atoms with E-state index >= 15 is 0 Å². The monoisotopic (exact) mass is 221 g/mol. The maximum Gasteiger partial charge on any atom is 0.0474 e. The largest absolute Gasteiger partial charge is 0.385 e. The van der Waals surface area contributed by atoms with Crippen molar-refractivity contribution in [2.45, 2.75) is 32.2 Å². The average Bonchev–Trinajstić information content (AvgIpc) is 2.34. The van der Waals surface area contributed by atoms with Crippen LogP contribution in [0.25, 0.3) is 0 Å². The third kappa shape index (κ3) is 4.77. The minimum absolute atomic E-state index is 0.489. The Labute approximate surface area is 99.0 Å². The van der Waals surface area contributed by atoms with Gasteiger partial charge in [0.15, 0.2) is 0 Å². The quantitative estimate of drug-likeness (QED) is 0.681. The maximum absolute atomic E-state index is 5.05. The van der Waals surface area contributed by atoms with Crippen molar-refractivity contribution in [3.63, 3.8) is 0 Å². The Balaban J connectivity index is 2.41. The Hall–Kier alpha value is -0.860. The third-order valence-corrected chi connectivity index (χ3v) is 2.70. The summed E-state index contributed by atoms with van der Waals surface area (Å²) in [6.45, 7) is 4.08. The summed E-state index contributed by atoms with van der Waals surface area (Å²) >= 11 is 0. The first-order valence-corrected chi connectivity index (χ1v) is 6.15. The van der Waals surface area contributed by atoms with E-state index in [1.165, 1.54) is 18.4 Å². The number of nitrogens with one attached hydrogen (secondary N) is 1. The van der Waals surface area contributed by atoms with Crippen LogP contribution in [0.3, 0.4) is 0 Å². The molecule has 0 amide bonds. The number of methoxy groups -OCH3 is 1. The van der Waals surface area contributed by atoms with Crippen LogP contribution >= 0.6 is 0 Å². The van der Waals surface area contributed by atoms with E-state index in [1.54, 1.807) is 7.11 Å². The fourth-order valence-electron chi connectivity index (χ4n) is 1.85. The Morgan fingerprint density at radius 3 is 2.62 bits per heavy atom. The number of benzene rings is 1. The highest BCUT2D eigenvalue weighted by Gasteiger charge is 2.08. The Morgan fingerprint density at radius 1 is 1.25 bits per heavy atom. The van der Waals surface area contributed by atoms with E-state index in [4.69, 9.17) is 4.74 Å². The second-order valence-electron chi connectivity index (χ2n) is 4.05. The van der Waals surface area contributed by atoms with Crippen LogP contribution in [0.1, 0.15) is 37.8 Å². The molecule has 0 radical (unpaired) electrons. The van der Waals surface area contributed by atoms with E-state index < -0.39 is 0 Å². The van der Waals surface area contributed by atoms with Crippen molar-refractivity contribution in [2.24, 2.45) is 0 Å². The number of rotatable bonds is 8. The summed E-state index contributed by atoms with van der Waals surface area (Å²) in [7, 11) is 1.75. The second kappa shape index (κ2) is 8.31. The molecule has 0 saturated carbocycles. The van der Waals surface area contributed by atoms with E-state index in [2.05, 4.69) is 42.6 Å².